The molecule has 8 nitrogen and oxygen atoms in total. The minimum Gasteiger partial charge on any atom is -0.497 e. The lowest BCUT2D eigenvalue weighted by atomic mass is 10.2. The van der Waals surface area contributed by atoms with Gasteiger partial charge in [0, 0.05) is 11.1 Å². The zero-order valence-electron chi connectivity index (χ0n) is 20.3. The highest BCUT2D eigenvalue weighted by Gasteiger charge is 2.30. The Morgan fingerprint density at radius 3 is 2.35 bits per heavy atom. The van der Waals surface area contributed by atoms with Gasteiger partial charge < -0.3 is 10.1 Å². The molecule has 0 bridgehead atoms. The summed E-state index contributed by atoms with van der Waals surface area (Å²) in [5, 5.41) is 14.3. The molecular weight excluding hydrogens is 462 g/mol. The van der Waals surface area contributed by atoms with Gasteiger partial charge >= 0.3 is 0 Å². The molecule has 1 aliphatic heterocycles. The van der Waals surface area contributed by atoms with Gasteiger partial charge in [0.1, 0.15) is 5.75 Å². The summed E-state index contributed by atoms with van der Waals surface area (Å²) in [6.07, 6.45) is 0. The number of anilines is 3. The fraction of sp³-hybridized carbons (Fsp3) is 0.0690. The van der Waals surface area contributed by atoms with Crippen LogP contribution < -0.4 is 15.0 Å². The van der Waals surface area contributed by atoms with Gasteiger partial charge in [0.15, 0.2) is 5.65 Å². The summed E-state index contributed by atoms with van der Waals surface area (Å²) in [6, 6.07) is 32.3. The van der Waals surface area contributed by atoms with Crippen LogP contribution >= 0.6 is 0 Å². The number of aliphatic imine (C=N–C) groups is 1. The summed E-state index contributed by atoms with van der Waals surface area (Å²) in [7, 11) is 1.66. The number of benzene rings is 4. The minimum absolute atomic E-state index is 0.623. The van der Waals surface area contributed by atoms with Crippen molar-refractivity contribution in [3.63, 3.8) is 0 Å². The van der Waals surface area contributed by atoms with Gasteiger partial charge in [-0.1, -0.05) is 42.0 Å². The molecule has 7 rings (SSSR count). The van der Waals surface area contributed by atoms with Gasteiger partial charge in [0.05, 0.1) is 29.7 Å². The van der Waals surface area contributed by atoms with Crippen LogP contribution in [0.3, 0.4) is 0 Å². The van der Waals surface area contributed by atoms with Crippen molar-refractivity contribution in [1.29, 1.82) is 0 Å². The summed E-state index contributed by atoms with van der Waals surface area (Å²) < 4.78 is 9.26. The van der Waals surface area contributed by atoms with Gasteiger partial charge in [-0.25, -0.2) is 9.89 Å². The van der Waals surface area contributed by atoms with E-state index in [4.69, 9.17) is 19.9 Å². The molecule has 0 unspecified atom stereocenters. The number of rotatable bonds is 3. The lowest BCUT2D eigenvalue weighted by Crippen LogP contribution is -2.33. The van der Waals surface area contributed by atoms with Crippen molar-refractivity contribution in [1.82, 2.24) is 19.4 Å². The van der Waals surface area contributed by atoms with Crippen molar-refractivity contribution in [2.24, 2.45) is 4.99 Å². The number of nitrogens with one attached hydrogen (secondary N) is 1. The maximum atomic E-state index is 5.42. The summed E-state index contributed by atoms with van der Waals surface area (Å²) >= 11 is 0. The van der Waals surface area contributed by atoms with Gasteiger partial charge in [0.25, 0.3) is 0 Å². The maximum absolute atomic E-state index is 5.42. The van der Waals surface area contributed by atoms with Crippen molar-refractivity contribution < 1.29 is 4.74 Å². The molecule has 180 valence electrons. The number of fused-ring (bicyclic) bond motifs is 7. The number of aromatic nitrogens is 4. The number of para-hydroxylation sites is 2. The maximum Gasteiger partial charge on any atom is 0.243 e. The third-order valence-corrected chi connectivity index (χ3v) is 6.53. The monoisotopic (exact) mass is 485 g/mol. The summed E-state index contributed by atoms with van der Waals surface area (Å²) in [6.45, 7) is 2.07. The van der Waals surface area contributed by atoms with E-state index in [1.807, 2.05) is 77.7 Å². The Morgan fingerprint density at radius 2 is 1.54 bits per heavy atom. The van der Waals surface area contributed by atoms with E-state index in [0.29, 0.717) is 11.9 Å². The molecule has 0 aliphatic carbocycles. The highest BCUT2D eigenvalue weighted by atomic mass is 16.5. The van der Waals surface area contributed by atoms with E-state index in [-0.39, 0.29) is 0 Å². The van der Waals surface area contributed by atoms with E-state index < -0.39 is 0 Å². The van der Waals surface area contributed by atoms with Crippen LogP contribution in [0.1, 0.15) is 5.56 Å². The third-order valence-electron chi connectivity index (χ3n) is 6.53. The fourth-order valence-corrected chi connectivity index (χ4v) is 4.70. The molecule has 4 aromatic carbocycles. The van der Waals surface area contributed by atoms with Crippen LogP contribution in [0.4, 0.5) is 23.0 Å². The molecule has 1 N–H and O–H groups in total. The van der Waals surface area contributed by atoms with E-state index in [1.54, 1.807) is 11.7 Å². The van der Waals surface area contributed by atoms with Gasteiger partial charge in [-0.15, -0.1) is 14.8 Å². The Balaban J connectivity index is 1.52. The van der Waals surface area contributed by atoms with Crippen molar-refractivity contribution in [3.05, 3.63) is 103 Å². The second-order valence-corrected chi connectivity index (χ2v) is 8.91. The highest BCUT2D eigenvalue weighted by molar-refractivity contribution is 6.12. The number of hydrogen-bond acceptors (Lipinski definition) is 6. The number of nitrogens with zero attached hydrogens (tertiary/aromatic N) is 6. The number of hydrogen-bond donors (Lipinski definition) is 1. The van der Waals surface area contributed by atoms with Gasteiger partial charge in [-0.3, -0.25) is 4.57 Å². The number of ether oxygens (including phenoxy) is 1. The van der Waals surface area contributed by atoms with Crippen LogP contribution in [0.5, 0.6) is 5.75 Å². The quantitative estimate of drug-likeness (QED) is 0.321. The van der Waals surface area contributed by atoms with Crippen LogP contribution in [0, 0.1) is 6.92 Å². The molecule has 8 heteroatoms. The molecular formula is C29H23N7O. The summed E-state index contributed by atoms with van der Waals surface area (Å²) in [5.74, 6) is 2.07. The van der Waals surface area contributed by atoms with E-state index in [9.17, 15) is 0 Å². The number of methoxy groups -OCH3 is 1. The average molecular weight is 486 g/mol. The van der Waals surface area contributed by atoms with Crippen LogP contribution in [-0.4, -0.2) is 32.5 Å². The predicted molar refractivity (Wildman–Crippen MR) is 147 cm³/mol. The largest absolute Gasteiger partial charge is 0.497 e. The van der Waals surface area contributed by atoms with E-state index in [2.05, 4.69) is 41.1 Å². The molecule has 0 atom stereocenters. The Kier molecular flexibility index (Phi) is 4.72. The molecule has 2 aromatic heterocycles. The Hall–Kier alpha value is -5.11. The first kappa shape index (κ1) is 21.2. The SMILES string of the molecule is COc1ccc(N2C(Nc3ccc(C)cc3)=Nc3ccccc3-n3c2nn2nc4ccccc4c32)cc1. The van der Waals surface area contributed by atoms with Gasteiger partial charge in [-0.05, 0) is 67.6 Å². The molecule has 0 saturated carbocycles. The van der Waals surface area contributed by atoms with Gasteiger partial charge in [-0.2, -0.15) is 0 Å². The molecule has 6 aromatic rings. The Bertz CT molecular complexity index is 1800. The molecule has 0 amide bonds. The van der Waals surface area contributed by atoms with E-state index >= 15 is 0 Å². The first-order valence-electron chi connectivity index (χ1n) is 12.0. The topological polar surface area (TPSA) is 72.0 Å². The van der Waals surface area contributed by atoms with Crippen LogP contribution in [0.15, 0.2) is 102 Å². The molecule has 0 spiro atoms. The Morgan fingerprint density at radius 1 is 0.784 bits per heavy atom. The van der Waals surface area contributed by atoms with Crippen LogP contribution in [0.25, 0.3) is 22.2 Å². The first-order chi connectivity index (χ1) is 18.2. The minimum atomic E-state index is 0.623. The second-order valence-electron chi connectivity index (χ2n) is 8.91. The van der Waals surface area contributed by atoms with Crippen LogP contribution in [0.2, 0.25) is 0 Å². The molecule has 0 radical (unpaired) electrons. The third kappa shape index (κ3) is 3.41. The molecule has 0 saturated heterocycles. The Labute approximate surface area is 213 Å². The van der Waals surface area contributed by atoms with Crippen molar-refractivity contribution in [3.8, 4) is 11.4 Å². The zero-order chi connectivity index (χ0) is 24.9. The van der Waals surface area contributed by atoms with E-state index in [0.717, 1.165) is 45.0 Å². The molecule has 3 heterocycles. The lowest BCUT2D eigenvalue weighted by molar-refractivity contribution is 0.415. The predicted octanol–water partition coefficient (Wildman–Crippen LogP) is 6.24. The van der Waals surface area contributed by atoms with Gasteiger partial charge in [0.2, 0.25) is 11.9 Å². The normalized spacial score (nSPS) is 12.7. The second kappa shape index (κ2) is 8.23. The number of aryl methyl sites for hydroxylation is 1. The molecule has 1 aliphatic rings. The average Bonchev–Trinajstić information content (AvgIpc) is 3.43. The smallest absolute Gasteiger partial charge is 0.243 e. The summed E-state index contributed by atoms with van der Waals surface area (Å²) in [4.78, 5) is 7.14. The first-order valence-corrected chi connectivity index (χ1v) is 12.0. The number of guanidine groups is 1. The summed E-state index contributed by atoms with van der Waals surface area (Å²) in [5.41, 5.74) is 6.50. The van der Waals surface area contributed by atoms with Crippen LogP contribution in [-0.2, 0) is 0 Å². The molecule has 37 heavy (non-hydrogen) atoms. The highest BCUT2D eigenvalue weighted by Crippen LogP contribution is 2.39. The standard InChI is InChI=1S/C29H23N7O/c1-19-11-13-20(14-12-19)30-28-31-25-9-5-6-10-26(25)35-27-23-7-3-4-8-24(23)32-36(27)33-29(35)34(28)21-15-17-22(37-2)18-16-21/h3-18H,1-2H3,(H,30,31). The van der Waals surface area contributed by atoms with E-state index in [1.165, 1.54) is 5.56 Å². The van der Waals surface area contributed by atoms with Crippen molar-refractivity contribution >= 4 is 45.5 Å². The van der Waals surface area contributed by atoms with Crippen molar-refractivity contribution in [2.75, 3.05) is 17.3 Å². The lowest BCUT2D eigenvalue weighted by Gasteiger charge is -2.24. The zero-order valence-corrected chi connectivity index (χ0v) is 20.3. The van der Waals surface area contributed by atoms with Crippen molar-refractivity contribution in [2.45, 2.75) is 6.92 Å². The molecule has 0 fully saturated rings. The fourth-order valence-electron chi connectivity index (χ4n) is 4.70.